The molecule has 3 rings (SSSR count). The Morgan fingerprint density at radius 1 is 0.769 bits per heavy atom. The quantitative estimate of drug-likeness (QED) is 0.428. The highest BCUT2D eigenvalue weighted by molar-refractivity contribution is 5.82. The van der Waals surface area contributed by atoms with Gasteiger partial charge in [0.1, 0.15) is 0 Å². The molecule has 0 aromatic heterocycles. The van der Waals surface area contributed by atoms with E-state index in [2.05, 4.69) is 72.6 Å². The molecule has 0 spiro atoms. The van der Waals surface area contributed by atoms with Gasteiger partial charge in [-0.2, -0.15) is 10.2 Å². The van der Waals surface area contributed by atoms with E-state index < -0.39 is 0 Å². The van der Waals surface area contributed by atoms with Crippen LogP contribution in [-0.2, 0) is 6.42 Å². The molecule has 136 valence electrons. The monoisotopic (exact) mass is 346 g/mol. The predicted molar refractivity (Wildman–Crippen MR) is 112 cm³/mol. The molecule has 1 saturated carbocycles. The highest BCUT2D eigenvalue weighted by Gasteiger charge is 2.20. The minimum absolute atomic E-state index is 0.743. The molecule has 1 fully saturated rings. The van der Waals surface area contributed by atoms with E-state index in [1.54, 1.807) is 6.21 Å². The van der Waals surface area contributed by atoms with Crippen LogP contribution >= 0.6 is 0 Å². The van der Waals surface area contributed by atoms with E-state index in [4.69, 9.17) is 0 Å². The first-order chi connectivity index (χ1) is 12.8. The van der Waals surface area contributed by atoms with Crippen molar-refractivity contribution in [3.8, 4) is 0 Å². The summed E-state index contributed by atoms with van der Waals surface area (Å²) in [6, 6.07) is 17.3. The van der Waals surface area contributed by atoms with Gasteiger partial charge in [-0.15, -0.1) is 0 Å². The van der Waals surface area contributed by atoms with Gasteiger partial charge in [-0.3, -0.25) is 0 Å². The predicted octanol–water partition coefficient (Wildman–Crippen LogP) is 6.39. The lowest BCUT2D eigenvalue weighted by atomic mass is 9.78. The Kier molecular flexibility index (Phi) is 6.76. The molecule has 0 amide bonds. The van der Waals surface area contributed by atoms with Crippen molar-refractivity contribution in [1.82, 2.24) is 0 Å². The fraction of sp³-hybridized carbons (Fsp3) is 0.417. The number of hydrogen-bond donors (Lipinski definition) is 0. The van der Waals surface area contributed by atoms with Crippen LogP contribution in [0.4, 0.5) is 0 Å². The average Bonchev–Trinajstić information content (AvgIpc) is 2.72. The van der Waals surface area contributed by atoms with Gasteiger partial charge in [0, 0.05) is 0 Å². The second-order valence-corrected chi connectivity index (χ2v) is 7.38. The molecule has 0 atom stereocenters. The van der Waals surface area contributed by atoms with Crippen LogP contribution in [0.1, 0.15) is 74.1 Å². The maximum absolute atomic E-state index is 4.19. The van der Waals surface area contributed by atoms with Crippen molar-refractivity contribution in [2.24, 2.45) is 16.1 Å². The Balaban J connectivity index is 1.53. The number of hydrogen-bond acceptors (Lipinski definition) is 2. The van der Waals surface area contributed by atoms with E-state index in [1.807, 2.05) is 6.21 Å². The van der Waals surface area contributed by atoms with Gasteiger partial charge in [0.05, 0.1) is 12.4 Å². The third kappa shape index (κ3) is 5.14. The molecule has 2 aromatic rings. The smallest absolute Gasteiger partial charge is 0.0568 e. The van der Waals surface area contributed by atoms with E-state index in [0.29, 0.717) is 0 Å². The Morgan fingerprint density at radius 3 is 1.81 bits per heavy atom. The van der Waals surface area contributed by atoms with Crippen LogP contribution in [0.3, 0.4) is 0 Å². The van der Waals surface area contributed by atoms with Crippen LogP contribution in [-0.4, -0.2) is 12.4 Å². The van der Waals surface area contributed by atoms with Crippen molar-refractivity contribution in [3.63, 3.8) is 0 Å². The van der Waals surface area contributed by atoms with Crippen molar-refractivity contribution < 1.29 is 0 Å². The molecule has 1 aliphatic rings. The number of rotatable bonds is 6. The zero-order chi connectivity index (χ0) is 18.2. The fourth-order valence-electron chi connectivity index (χ4n) is 3.80. The normalized spacial score (nSPS) is 20.8. The van der Waals surface area contributed by atoms with E-state index in [9.17, 15) is 0 Å². The zero-order valence-electron chi connectivity index (χ0n) is 16.1. The van der Waals surface area contributed by atoms with Crippen LogP contribution in [0.25, 0.3) is 0 Å². The Bertz CT molecular complexity index is 718. The fourth-order valence-corrected chi connectivity index (χ4v) is 3.80. The summed E-state index contributed by atoms with van der Waals surface area (Å²) < 4.78 is 0. The van der Waals surface area contributed by atoms with Gasteiger partial charge < -0.3 is 0 Å². The van der Waals surface area contributed by atoms with Crippen molar-refractivity contribution in [1.29, 1.82) is 0 Å². The van der Waals surface area contributed by atoms with Gasteiger partial charge in [0.2, 0.25) is 0 Å². The molecule has 0 aliphatic heterocycles. The highest BCUT2D eigenvalue weighted by Crippen LogP contribution is 2.36. The second kappa shape index (κ2) is 9.47. The van der Waals surface area contributed by atoms with Crippen molar-refractivity contribution in [2.75, 3.05) is 0 Å². The number of nitrogens with zero attached hydrogens (tertiary/aromatic N) is 2. The third-order valence-electron chi connectivity index (χ3n) is 5.70. The summed E-state index contributed by atoms with van der Waals surface area (Å²) in [5, 5.41) is 8.35. The Morgan fingerprint density at radius 2 is 1.31 bits per heavy atom. The van der Waals surface area contributed by atoms with Gasteiger partial charge in [0.25, 0.3) is 0 Å². The largest absolute Gasteiger partial charge is 0.159 e. The van der Waals surface area contributed by atoms with Crippen LogP contribution in [0.15, 0.2) is 58.7 Å². The van der Waals surface area contributed by atoms with E-state index in [-0.39, 0.29) is 0 Å². The summed E-state index contributed by atoms with van der Waals surface area (Å²) in [5.74, 6) is 1.70. The molecule has 0 unspecified atom stereocenters. The summed E-state index contributed by atoms with van der Waals surface area (Å²) in [6.07, 6.45) is 11.5. The summed E-state index contributed by atoms with van der Waals surface area (Å²) in [7, 11) is 0. The van der Waals surface area contributed by atoms with Gasteiger partial charge in [0.15, 0.2) is 0 Å². The lowest BCUT2D eigenvalue weighted by Crippen LogP contribution is -2.12. The third-order valence-corrected chi connectivity index (χ3v) is 5.70. The Hall–Kier alpha value is -2.22. The first kappa shape index (κ1) is 18.6. The van der Waals surface area contributed by atoms with Crippen molar-refractivity contribution in [2.45, 2.75) is 58.3 Å². The highest BCUT2D eigenvalue weighted by atomic mass is 15.2. The maximum Gasteiger partial charge on any atom is 0.0568 e. The van der Waals surface area contributed by atoms with E-state index in [1.165, 1.54) is 43.2 Å². The van der Waals surface area contributed by atoms with Crippen LogP contribution in [0, 0.1) is 5.92 Å². The van der Waals surface area contributed by atoms with Crippen LogP contribution < -0.4 is 0 Å². The molecule has 0 bridgehead atoms. The van der Waals surface area contributed by atoms with Crippen LogP contribution in [0.5, 0.6) is 0 Å². The molecule has 2 nitrogen and oxygen atoms in total. The standard InChI is InChI=1S/C24H30N2/c1-3-19-5-7-21(8-6-19)17-25-26-18-22-11-15-24(16-12-22)23-13-9-20(4-2)10-14-23/h5-8,11-12,15-18,20,23H,3-4,9-10,13-14H2,1-2H3/t20-,23-. The van der Waals surface area contributed by atoms with E-state index in [0.717, 1.165) is 29.4 Å². The summed E-state index contributed by atoms with van der Waals surface area (Å²) in [6.45, 7) is 4.48. The first-order valence-electron chi connectivity index (χ1n) is 10.0. The zero-order valence-corrected chi connectivity index (χ0v) is 16.1. The summed E-state index contributed by atoms with van der Waals surface area (Å²) in [5.41, 5.74) is 5.01. The maximum atomic E-state index is 4.19. The lowest BCUT2D eigenvalue weighted by molar-refractivity contribution is 0.319. The molecule has 0 N–H and O–H groups in total. The molecule has 1 aliphatic carbocycles. The van der Waals surface area contributed by atoms with Gasteiger partial charge in [-0.1, -0.05) is 68.8 Å². The molecule has 26 heavy (non-hydrogen) atoms. The Labute approximate surface area is 158 Å². The summed E-state index contributed by atoms with van der Waals surface area (Å²) >= 11 is 0. The van der Waals surface area contributed by atoms with Crippen molar-refractivity contribution in [3.05, 3.63) is 70.8 Å². The van der Waals surface area contributed by atoms with Gasteiger partial charge in [-0.05, 0) is 66.2 Å². The minimum atomic E-state index is 0.743. The number of aryl methyl sites for hydroxylation is 1. The first-order valence-corrected chi connectivity index (χ1v) is 10.0. The molecular formula is C24H30N2. The molecule has 0 radical (unpaired) electrons. The van der Waals surface area contributed by atoms with Crippen molar-refractivity contribution >= 4 is 12.4 Å². The average molecular weight is 347 g/mol. The summed E-state index contributed by atoms with van der Waals surface area (Å²) in [4.78, 5) is 0. The molecule has 0 heterocycles. The lowest BCUT2D eigenvalue weighted by Gasteiger charge is -2.28. The molecular weight excluding hydrogens is 316 g/mol. The second-order valence-electron chi connectivity index (χ2n) is 7.38. The molecule has 0 saturated heterocycles. The van der Waals surface area contributed by atoms with E-state index >= 15 is 0 Å². The SMILES string of the molecule is CCc1ccc(C=NN=Cc2ccc([C@H]3CC[C@H](CC)CC3)cc2)cc1. The number of benzene rings is 2. The molecule has 2 aromatic carbocycles. The van der Waals surface area contributed by atoms with Crippen LogP contribution in [0.2, 0.25) is 0 Å². The molecule has 2 heteroatoms. The minimum Gasteiger partial charge on any atom is -0.159 e. The van der Waals surface area contributed by atoms with Gasteiger partial charge in [-0.25, -0.2) is 0 Å². The topological polar surface area (TPSA) is 24.7 Å². The van der Waals surface area contributed by atoms with Gasteiger partial charge >= 0.3 is 0 Å².